The smallest absolute Gasteiger partial charge is 0.264 e. The van der Waals surface area contributed by atoms with Crippen molar-refractivity contribution < 1.29 is 0 Å². The number of benzene rings is 6. The van der Waals surface area contributed by atoms with Crippen LogP contribution >= 0.6 is 11.3 Å². The van der Waals surface area contributed by atoms with Crippen LogP contribution in [0.4, 0.5) is 34.1 Å². The van der Waals surface area contributed by atoms with E-state index in [9.17, 15) is 0 Å². The van der Waals surface area contributed by atoms with E-state index in [0.29, 0.717) is 0 Å². The average molecular weight is 885 g/mol. The van der Waals surface area contributed by atoms with Gasteiger partial charge < -0.3 is 9.80 Å². The predicted octanol–water partition coefficient (Wildman–Crippen LogP) is 15.9. The Morgan fingerprint density at radius 3 is 1.77 bits per heavy atom. The molecule has 2 aliphatic carbocycles. The molecule has 0 saturated heterocycles. The van der Waals surface area contributed by atoms with Gasteiger partial charge in [0, 0.05) is 43.2 Å². The first-order valence-corrected chi connectivity index (χ1v) is 25.6. The molecule has 0 radical (unpaired) electrons. The lowest BCUT2D eigenvalue weighted by molar-refractivity contribution is 0.331. The van der Waals surface area contributed by atoms with Crippen LogP contribution in [0.2, 0.25) is 0 Å². The van der Waals surface area contributed by atoms with Gasteiger partial charge in [-0.1, -0.05) is 170 Å². The van der Waals surface area contributed by atoms with Gasteiger partial charge in [-0.05, 0) is 151 Å². The molecule has 336 valence electrons. The van der Waals surface area contributed by atoms with Crippen LogP contribution in [0.1, 0.15) is 156 Å². The minimum absolute atomic E-state index is 0.00897. The van der Waals surface area contributed by atoms with Gasteiger partial charge in [0.05, 0.1) is 11.4 Å². The SMILES string of the molecule is CC(C)(C)c1ccc(N2c3cc(C(C)(C)C)cc4c3B(c3ccc5c(c3N4c3ccc4c(c3)C(C)(C)CCC4(C)C)C(C)(C)CCC5(C)C)c3sc4ccccc4c32)c(-c2ccccc2)c1. The third-order valence-corrected chi connectivity index (χ3v) is 17.9. The zero-order valence-electron chi connectivity index (χ0n) is 42.2. The second kappa shape index (κ2) is 14.2. The minimum Gasteiger partial charge on any atom is -0.311 e. The summed E-state index contributed by atoms with van der Waals surface area (Å²) < 4.78 is 2.78. The second-order valence-corrected chi connectivity index (χ2v) is 26.2. The van der Waals surface area contributed by atoms with Gasteiger partial charge in [0.15, 0.2) is 0 Å². The Morgan fingerprint density at radius 2 is 1.09 bits per heavy atom. The maximum absolute atomic E-state index is 2.79. The first kappa shape index (κ1) is 43.5. The molecule has 11 rings (SSSR count). The molecule has 0 N–H and O–H groups in total. The van der Waals surface area contributed by atoms with Gasteiger partial charge in [0.25, 0.3) is 6.71 Å². The van der Waals surface area contributed by atoms with E-state index in [-0.39, 0.29) is 39.2 Å². The third-order valence-electron chi connectivity index (χ3n) is 16.7. The molecular weight excluding hydrogens is 816 g/mol. The van der Waals surface area contributed by atoms with Gasteiger partial charge in [0.2, 0.25) is 0 Å². The monoisotopic (exact) mass is 885 g/mol. The quantitative estimate of drug-likeness (QED) is 0.163. The number of hydrogen-bond donors (Lipinski definition) is 0. The summed E-state index contributed by atoms with van der Waals surface area (Å²) in [5.41, 5.74) is 22.1. The molecule has 0 unspecified atom stereocenters. The predicted molar refractivity (Wildman–Crippen MR) is 289 cm³/mol. The molecule has 2 nitrogen and oxygen atoms in total. The van der Waals surface area contributed by atoms with Crippen LogP contribution in [0.3, 0.4) is 0 Å². The fraction of sp³-hybridized carbons (Fsp3) is 0.387. The Hall–Kier alpha value is -5.06. The molecule has 0 spiro atoms. The van der Waals surface area contributed by atoms with Crippen molar-refractivity contribution >= 4 is 78.0 Å². The van der Waals surface area contributed by atoms with Crippen LogP contribution in [0.25, 0.3) is 21.2 Å². The highest BCUT2D eigenvalue weighted by molar-refractivity contribution is 7.33. The normalized spacial score (nSPS) is 18.6. The highest BCUT2D eigenvalue weighted by Gasteiger charge is 2.50. The second-order valence-electron chi connectivity index (χ2n) is 25.1. The number of nitrogens with zero attached hydrogens (tertiary/aromatic N) is 2. The Balaban J connectivity index is 1.31. The topological polar surface area (TPSA) is 6.48 Å². The summed E-state index contributed by atoms with van der Waals surface area (Å²) >= 11 is 2.01. The fourth-order valence-corrected chi connectivity index (χ4v) is 13.7. The average Bonchev–Trinajstić information content (AvgIpc) is 3.65. The van der Waals surface area contributed by atoms with Gasteiger partial charge in [-0.3, -0.25) is 0 Å². The van der Waals surface area contributed by atoms with E-state index < -0.39 is 0 Å². The molecule has 0 fully saturated rings. The van der Waals surface area contributed by atoms with Gasteiger partial charge in [-0.15, -0.1) is 11.3 Å². The summed E-state index contributed by atoms with van der Waals surface area (Å²) in [5, 5.41) is 1.33. The maximum Gasteiger partial charge on any atom is 0.264 e. The van der Waals surface area contributed by atoms with E-state index in [1.807, 2.05) is 11.3 Å². The Morgan fingerprint density at radius 1 is 0.500 bits per heavy atom. The molecule has 1 aromatic heterocycles. The fourth-order valence-electron chi connectivity index (χ4n) is 12.4. The lowest BCUT2D eigenvalue weighted by Crippen LogP contribution is -2.61. The van der Waals surface area contributed by atoms with Crippen LogP contribution in [-0.2, 0) is 32.5 Å². The standard InChI is InChI=1S/C62H69BN2S/c1-57(2,3)39-24-29-48(43(34-39)38-20-16-15-17-21-38)65-50-36-40(58(4,5)6)35-49-53(50)63(56-54(65)42-22-18-19-23-51(42)66-56)47-28-27-45-52(62(13,14)33-32-60(45,9)10)55(47)64(49)41-25-26-44-46(37-41)61(11,12)31-30-59(44,7)8/h15-29,34-37H,30-33H2,1-14H3. The summed E-state index contributed by atoms with van der Waals surface area (Å²) in [6.45, 7) is 34.2. The Kier molecular flexibility index (Phi) is 9.39. The molecule has 2 aliphatic heterocycles. The van der Waals surface area contributed by atoms with Crippen molar-refractivity contribution in [2.24, 2.45) is 0 Å². The molecule has 0 saturated carbocycles. The highest BCUT2D eigenvalue weighted by Crippen LogP contribution is 2.57. The van der Waals surface area contributed by atoms with Crippen molar-refractivity contribution in [1.29, 1.82) is 0 Å². The molecule has 6 aromatic carbocycles. The van der Waals surface area contributed by atoms with Crippen LogP contribution in [0.15, 0.2) is 115 Å². The summed E-state index contributed by atoms with van der Waals surface area (Å²) in [7, 11) is 0. The van der Waals surface area contributed by atoms with Gasteiger partial charge >= 0.3 is 0 Å². The molecular formula is C62H69BN2S. The van der Waals surface area contributed by atoms with Crippen LogP contribution in [0, 0.1) is 0 Å². The minimum atomic E-state index is -0.118. The van der Waals surface area contributed by atoms with Gasteiger partial charge in [0.1, 0.15) is 0 Å². The van der Waals surface area contributed by atoms with E-state index in [1.54, 1.807) is 0 Å². The van der Waals surface area contributed by atoms with Gasteiger partial charge in [-0.2, -0.15) is 0 Å². The molecule has 3 heterocycles. The summed E-state index contributed by atoms with van der Waals surface area (Å²) in [4.78, 5) is 5.50. The number of rotatable bonds is 3. The van der Waals surface area contributed by atoms with E-state index in [0.717, 1.165) is 6.42 Å². The third kappa shape index (κ3) is 6.47. The molecule has 66 heavy (non-hydrogen) atoms. The van der Waals surface area contributed by atoms with Crippen molar-refractivity contribution in [2.75, 3.05) is 9.80 Å². The molecule has 4 heteroatoms. The van der Waals surface area contributed by atoms with Crippen LogP contribution in [-0.4, -0.2) is 6.71 Å². The van der Waals surface area contributed by atoms with Crippen molar-refractivity contribution in [3.8, 4) is 11.1 Å². The number of anilines is 6. The van der Waals surface area contributed by atoms with E-state index in [1.165, 1.54) is 124 Å². The Labute approximate surface area is 400 Å². The number of fused-ring (bicyclic) bond motifs is 9. The zero-order valence-corrected chi connectivity index (χ0v) is 43.0. The molecule has 0 bridgehead atoms. The van der Waals surface area contributed by atoms with Crippen molar-refractivity contribution in [2.45, 2.75) is 155 Å². The van der Waals surface area contributed by atoms with Crippen molar-refractivity contribution in [3.05, 3.63) is 149 Å². The summed E-state index contributed by atoms with van der Waals surface area (Å²) in [6, 6.07) is 45.6. The lowest BCUT2D eigenvalue weighted by Gasteiger charge is -2.50. The summed E-state index contributed by atoms with van der Waals surface area (Å²) in [6.07, 6.45) is 4.72. The van der Waals surface area contributed by atoms with E-state index in [2.05, 4.69) is 222 Å². The zero-order chi connectivity index (χ0) is 46.7. The maximum atomic E-state index is 2.79. The molecule has 7 aromatic rings. The van der Waals surface area contributed by atoms with E-state index >= 15 is 0 Å². The van der Waals surface area contributed by atoms with E-state index in [4.69, 9.17) is 0 Å². The highest BCUT2D eigenvalue weighted by atomic mass is 32.1. The largest absolute Gasteiger partial charge is 0.311 e. The van der Waals surface area contributed by atoms with Crippen molar-refractivity contribution in [1.82, 2.24) is 0 Å². The van der Waals surface area contributed by atoms with Gasteiger partial charge in [-0.25, -0.2) is 0 Å². The number of thiophene rings is 1. The van der Waals surface area contributed by atoms with Crippen LogP contribution in [0.5, 0.6) is 0 Å². The van der Waals surface area contributed by atoms with Crippen molar-refractivity contribution in [3.63, 3.8) is 0 Å². The van der Waals surface area contributed by atoms with Crippen LogP contribution < -0.4 is 25.5 Å². The Bertz CT molecular complexity index is 3130. The first-order chi connectivity index (χ1) is 31.0. The molecule has 0 amide bonds. The lowest BCUT2D eigenvalue weighted by atomic mass is 9.35. The number of hydrogen-bond acceptors (Lipinski definition) is 3. The molecule has 4 aliphatic rings. The first-order valence-electron chi connectivity index (χ1n) is 24.8. The summed E-state index contributed by atoms with van der Waals surface area (Å²) in [5.74, 6) is 0. The molecule has 0 atom stereocenters.